The third-order valence-corrected chi connectivity index (χ3v) is 8.77. The minimum absolute atomic E-state index is 0.0319. The second-order valence-corrected chi connectivity index (χ2v) is 10.9. The summed E-state index contributed by atoms with van der Waals surface area (Å²) in [6.07, 6.45) is 8.12. The van der Waals surface area contributed by atoms with Gasteiger partial charge in [0, 0.05) is 30.5 Å². The summed E-state index contributed by atoms with van der Waals surface area (Å²) in [7, 11) is 0. The van der Waals surface area contributed by atoms with Crippen LogP contribution in [0, 0.1) is 0 Å². The van der Waals surface area contributed by atoms with Crippen molar-refractivity contribution in [3.8, 4) is 5.95 Å². The molecule has 0 spiro atoms. The zero-order valence-electron chi connectivity index (χ0n) is 19.4. The molecule has 3 aromatic heterocycles. The second kappa shape index (κ2) is 8.12. The molecule has 2 fully saturated rings. The van der Waals surface area contributed by atoms with Gasteiger partial charge in [0.2, 0.25) is 5.95 Å². The van der Waals surface area contributed by atoms with Crippen molar-refractivity contribution < 1.29 is 4.79 Å². The van der Waals surface area contributed by atoms with Gasteiger partial charge in [0.05, 0.1) is 38.4 Å². The Hall–Kier alpha value is -3.33. The van der Waals surface area contributed by atoms with Crippen molar-refractivity contribution in [2.75, 3.05) is 13.1 Å². The Kier molecular flexibility index (Phi) is 4.87. The van der Waals surface area contributed by atoms with E-state index >= 15 is 0 Å². The van der Waals surface area contributed by atoms with E-state index in [0.717, 1.165) is 67.4 Å². The number of aromatic nitrogens is 5. The maximum Gasteiger partial charge on any atom is 0.257 e. The number of piperidine rings is 1. The van der Waals surface area contributed by atoms with Gasteiger partial charge in [-0.1, -0.05) is 12.1 Å². The molecule has 9 heteroatoms. The highest BCUT2D eigenvalue weighted by Crippen LogP contribution is 2.43. The molecule has 1 aromatic carbocycles. The first-order valence-corrected chi connectivity index (χ1v) is 13.3. The third-order valence-electron chi connectivity index (χ3n) is 7.57. The van der Waals surface area contributed by atoms with Gasteiger partial charge in [-0.25, -0.2) is 14.6 Å². The molecule has 1 saturated heterocycles. The first kappa shape index (κ1) is 21.0. The predicted octanol–water partition coefficient (Wildman–Crippen LogP) is 3.95. The van der Waals surface area contributed by atoms with Crippen molar-refractivity contribution in [1.82, 2.24) is 29.6 Å². The first-order chi connectivity index (χ1) is 17.2. The molecule has 7 rings (SSSR count). The number of thiazole rings is 1. The topological polar surface area (TPSA) is 96.8 Å². The van der Waals surface area contributed by atoms with Crippen molar-refractivity contribution in [3.05, 3.63) is 68.3 Å². The summed E-state index contributed by atoms with van der Waals surface area (Å²) >= 11 is 1.77. The summed E-state index contributed by atoms with van der Waals surface area (Å²) in [5.74, 6) is 1.15. The minimum Gasteiger partial charge on any atom is -0.338 e. The van der Waals surface area contributed by atoms with Gasteiger partial charge >= 0.3 is 0 Å². The van der Waals surface area contributed by atoms with Crippen LogP contribution >= 0.6 is 11.3 Å². The Morgan fingerprint density at radius 1 is 1.03 bits per heavy atom. The number of hydrogen-bond donors (Lipinski definition) is 1. The van der Waals surface area contributed by atoms with Gasteiger partial charge < -0.3 is 4.90 Å². The second-order valence-electron chi connectivity index (χ2n) is 9.88. The third kappa shape index (κ3) is 3.60. The molecule has 1 saturated carbocycles. The molecule has 1 amide bonds. The lowest BCUT2D eigenvalue weighted by atomic mass is 9.97. The van der Waals surface area contributed by atoms with E-state index in [9.17, 15) is 9.59 Å². The first-order valence-electron chi connectivity index (χ1n) is 12.5. The van der Waals surface area contributed by atoms with E-state index in [2.05, 4.69) is 28.3 Å². The average Bonchev–Trinajstić information content (AvgIpc) is 3.27. The quantitative estimate of drug-likeness (QED) is 0.471. The number of para-hydroxylation sites is 1. The van der Waals surface area contributed by atoms with Crippen molar-refractivity contribution in [1.29, 1.82) is 0 Å². The molecule has 0 bridgehead atoms. The molecular weight excluding hydrogens is 460 g/mol. The van der Waals surface area contributed by atoms with Crippen LogP contribution in [0.15, 0.2) is 35.3 Å². The summed E-state index contributed by atoms with van der Waals surface area (Å²) in [5, 5.41) is 5.72. The number of H-pyrrole nitrogens is 1. The molecule has 35 heavy (non-hydrogen) atoms. The Morgan fingerprint density at radius 3 is 2.66 bits per heavy atom. The Labute approximate surface area is 206 Å². The molecule has 3 aliphatic rings. The lowest BCUT2D eigenvalue weighted by molar-refractivity contribution is 0.0711. The Bertz CT molecular complexity index is 1470. The van der Waals surface area contributed by atoms with Gasteiger partial charge in [-0.05, 0) is 57.1 Å². The van der Waals surface area contributed by atoms with Crippen LogP contribution in [0.3, 0.4) is 0 Å². The smallest absolute Gasteiger partial charge is 0.257 e. The Morgan fingerprint density at radius 2 is 1.86 bits per heavy atom. The fraction of sp³-hybridized carbons (Fsp3) is 0.423. The number of carbonyl (C=O) groups is 1. The Balaban J connectivity index is 1.13. The highest BCUT2D eigenvalue weighted by molar-refractivity contribution is 7.18. The zero-order valence-corrected chi connectivity index (χ0v) is 20.2. The SMILES string of the molecule is O=C(c1cnn(-c2nc3c(c(=O)[nH]2)CCC3)c1C1CC1)N1CCC(c2nc3ccccc3s2)CC1. The predicted molar refractivity (Wildman–Crippen MR) is 133 cm³/mol. The van der Waals surface area contributed by atoms with Gasteiger partial charge in [-0.15, -0.1) is 11.3 Å². The monoisotopic (exact) mass is 486 g/mol. The molecule has 0 unspecified atom stereocenters. The number of benzene rings is 1. The highest BCUT2D eigenvalue weighted by Gasteiger charge is 2.36. The molecule has 0 atom stereocenters. The molecule has 1 N–H and O–H groups in total. The maximum atomic E-state index is 13.6. The molecule has 2 aliphatic carbocycles. The molecule has 178 valence electrons. The van der Waals surface area contributed by atoms with E-state index in [1.807, 2.05) is 11.0 Å². The van der Waals surface area contributed by atoms with Crippen molar-refractivity contribution >= 4 is 27.5 Å². The van der Waals surface area contributed by atoms with Crippen molar-refractivity contribution in [2.24, 2.45) is 0 Å². The number of aromatic amines is 1. The molecule has 4 heterocycles. The fourth-order valence-corrected chi connectivity index (χ4v) is 6.67. The zero-order chi connectivity index (χ0) is 23.5. The van der Waals surface area contributed by atoms with Gasteiger partial charge in [0.25, 0.3) is 11.5 Å². The van der Waals surface area contributed by atoms with Crippen LogP contribution in [0.25, 0.3) is 16.2 Å². The molecule has 1 aliphatic heterocycles. The van der Waals surface area contributed by atoms with Crippen LogP contribution < -0.4 is 5.56 Å². The van der Waals surface area contributed by atoms with E-state index < -0.39 is 0 Å². The number of hydrogen-bond acceptors (Lipinski definition) is 6. The number of amides is 1. The number of nitrogens with one attached hydrogen (secondary N) is 1. The summed E-state index contributed by atoms with van der Waals surface area (Å²) in [4.78, 5) is 40.6. The number of rotatable bonds is 4. The minimum atomic E-state index is -0.0791. The van der Waals surface area contributed by atoms with Crippen LogP contribution in [0.5, 0.6) is 0 Å². The van der Waals surface area contributed by atoms with E-state index in [1.54, 1.807) is 22.2 Å². The van der Waals surface area contributed by atoms with Crippen LogP contribution in [0.4, 0.5) is 0 Å². The van der Waals surface area contributed by atoms with Crippen LogP contribution in [-0.2, 0) is 12.8 Å². The summed E-state index contributed by atoms with van der Waals surface area (Å²) in [6.45, 7) is 1.42. The number of nitrogens with zero attached hydrogens (tertiary/aromatic N) is 5. The molecule has 4 aromatic rings. The summed E-state index contributed by atoms with van der Waals surface area (Å²) in [5.41, 5.74) is 4.18. The van der Waals surface area contributed by atoms with Crippen molar-refractivity contribution in [3.63, 3.8) is 0 Å². The lowest BCUT2D eigenvalue weighted by Crippen LogP contribution is -2.38. The molecule has 8 nitrogen and oxygen atoms in total. The van der Waals surface area contributed by atoms with Crippen molar-refractivity contribution in [2.45, 2.75) is 56.8 Å². The fourth-order valence-electron chi connectivity index (χ4n) is 5.53. The van der Waals surface area contributed by atoms with E-state index in [0.29, 0.717) is 30.5 Å². The highest BCUT2D eigenvalue weighted by atomic mass is 32.1. The van der Waals surface area contributed by atoms with Gasteiger partial charge in [-0.2, -0.15) is 5.10 Å². The summed E-state index contributed by atoms with van der Waals surface area (Å²) in [6, 6.07) is 8.26. The van der Waals surface area contributed by atoms with E-state index in [4.69, 9.17) is 9.97 Å². The largest absolute Gasteiger partial charge is 0.338 e. The number of likely N-dealkylation sites (tertiary alicyclic amines) is 1. The van der Waals surface area contributed by atoms with Crippen LogP contribution in [0.2, 0.25) is 0 Å². The summed E-state index contributed by atoms with van der Waals surface area (Å²) < 4.78 is 2.93. The van der Waals surface area contributed by atoms with E-state index in [-0.39, 0.29) is 17.4 Å². The number of fused-ring (bicyclic) bond motifs is 2. The normalized spacial score (nSPS) is 18.3. The number of aryl methyl sites for hydroxylation is 1. The lowest BCUT2D eigenvalue weighted by Gasteiger charge is -2.31. The molecule has 0 radical (unpaired) electrons. The van der Waals surface area contributed by atoms with Gasteiger partial charge in [0.15, 0.2) is 0 Å². The standard InChI is InChI=1S/C26H26N6O2S/c33-23-17-4-3-6-19(17)29-26(30-23)32-22(15-8-9-15)18(14-27-32)25(34)31-12-10-16(11-13-31)24-28-20-5-1-2-7-21(20)35-24/h1-2,5,7,14-16H,3-4,6,8-13H2,(H,29,30,33). The van der Waals surface area contributed by atoms with Gasteiger partial charge in [-0.3, -0.25) is 14.6 Å². The number of carbonyl (C=O) groups excluding carboxylic acids is 1. The van der Waals surface area contributed by atoms with Crippen LogP contribution in [-0.4, -0.2) is 48.6 Å². The maximum absolute atomic E-state index is 13.6. The van der Waals surface area contributed by atoms with E-state index in [1.165, 1.54) is 9.71 Å². The average molecular weight is 487 g/mol. The molecular formula is C26H26N6O2S. The van der Waals surface area contributed by atoms with Gasteiger partial charge in [0.1, 0.15) is 0 Å². The van der Waals surface area contributed by atoms with Crippen LogP contribution in [0.1, 0.15) is 76.3 Å².